The first-order chi connectivity index (χ1) is 11.8. The molecule has 0 bridgehead atoms. The van der Waals surface area contributed by atoms with Crippen LogP contribution in [0.2, 0.25) is 0 Å². The van der Waals surface area contributed by atoms with Crippen LogP contribution in [0.1, 0.15) is 29.8 Å². The zero-order valence-corrected chi connectivity index (χ0v) is 14.8. The van der Waals surface area contributed by atoms with Crippen LogP contribution in [0, 0.1) is 0 Å². The summed E-state index contributed by atoms with van der Waals surface area (Å²) in [6.07, 6.45) is 0. The fourth-order valence-electron chi connectivity index (χ4n) is 2.61. The van der Waals surface area contributed by atoms with E-state index in [1.807, 2.05) is 0 Å². The third kappa shape index (κ3) is 3.85. The zero-order valence-electron chi connectivity index (χ0n) is 14.8. The van der Waals surface area contributed by atoms with Gasteiger partial charge in [0.05, 0.1) is 6.67 Å². The monoisotopic (exact) mass is 346 g/mol. The average molecular weight is 346 g/mol. The summed E-state index contributed by atoms with van der Waals surface area (Å²) in [5, 5.41) is 2.55. The third-order valence-electron chi connectivity index (χ3n) is 3.88. The minimum absolute atomic E-state index is 0.0177. The van der Waals surface area contributed by atoms with Gasteiger partial charge in [-0.2, -0.15) is 0 Å². The molecule has 0 unspecified atom stereocenters. The van der Waals surface area contributed by atoms with Crippen LogP contribution in [0.3, 0.4) is 0 Å². The maximum absolute atomic E-state index is 12.2. The van der Waals surface area contributed by atoms with E-state index < -0.39 is 17.8 Å². The van der Waals surface area contributed by atoms with Crippen molar-refractivity contribution in [3.63, 3.8) is 0 Å². The van der Waals surface area contributed by atoms with Crippen molar-refractivity contribution >= 4 is 23.8 Å². The number of benzene rings is 1. The quantitative estimate of drug-likeness (QED) is 0.603. The fourth-order valence-corrected chi connectivity index (χ4v) is 2.61. The molecule has 1 aromatic carbocycles. The molecule has 0 aliphatic carbocycles. The number of nitrogens with zero attached hydrogens (tertiary/aromatic N) is 3. The fraction of sp³-hybridized carbons (Fsp3) is 0.412. The summed E-state index contributed by atoms with van der Waals surface area (Å²) in [6, 6.07) is 6.07. The normalized spacial score (nSPS) is 14.9. The van der Waals surface area contributed by atoms with E-state index in [9.17, 15) is 19.2 Å². The molecule has 1 aliphatic rings. The molecule has 1 aromatic rings. The van der Waals surface area contributed by atoms with E-state index in [0.29, 0.717) is 12.1 Å². The van der Waals surface area contributed by atoms with E-state index >= 15 is 0 Å². The van der Waals surface area contributed by atoms with E-state index in [4.69, 9.17) is 0 Å². The van der Waals surface area contributed by atoms with Crippen LogP contribution in [-0.2, 0) is 16.1 Å². The second-order valence-electron chi connectivity index (χ2n) is 6.22. The van der Waals surface area contributed by atoms with Gasteiger partial charge in [-0.1, -0.05) is 12.1 Å². The first kappa shape index (κ1) is 18.6. The molecule has 5 amide bonds. The van der Waals surface area contributed by atoms with Gasteiger partial charge in [-0.15, -0.1) is 0 Å². The molecule has 1 aliphatic heterocycles. The summed E-state index contributed by atoms with van der Waals surface area (Å²) in [6.45, 7) is 3.85. The molecule has 0 aromatic heterocycles. The predicted molar refractivity (Wildman–Crippen MR) is 90.4 cm³/mol. The lowest BCUT2D eigenvalue weighted by Gasteiger charge is -2.23. The van der Waals surface area contributed by atoms with Crippen LogP contribution < -0.4 is 5.32 Å². The minimum atomic E-state index is -0.805. The highest BCUT2D eigenvalue weighted by Gasteiger charge is 2.45. The maximum atomic E-state index is 12.2. The summed E-state index contributed by atoms with van der Waals surface area (Å²) in [4.78, 5) is 51.3. The molecule has 134 valence electrons. The van der Waals surface area contributed by atoms with Gasteiger partial charge in [0.1, 0.15) is 0 Å². The van der Waals surface area contributed by atoms with Crippen LogP contribution in [-0.4, -0.2) is 65.3 Å². The van der Waals surface area contributed by atoms with E-state index in [2.05, 4.69) is 5.32 Å². The van der Waals surface area contributed by atoms with Gasteiger partial charge in [0.2, 0.25) is 0 Å². The molecule has 8 nitrogen and oxygen atoms in total. The van der Waals surface area contributed by atoms with Crippen molar-refractivity contribution < 1.29 is 19.2 Å². The Balaban J connectivity index is 2.01. The number of urea groups is 1. The van der Waals surface area contributed by atoms with Crippen LogP contribution in [0.5, 0.6) is 0 Å². The lowest BCUT2D eigenvalue weighted by molar-refractivity contribution is -0.144. The van der Waals surface area contributed by atoms with Crippen molar-refractivity contribution in [1.29, 1.82) is 0 Å². The summed E-state index contributed by atoms with van der Waals surface area (Å²) in [5.41, 5.74) is 1.47. The number of carbonyl (C=O) groups excluding carboxylic acids is 4. The summed E-state index contributed by atoms with van der Waals surface area (Å²) < 4.78 is 0. The molecule has 1 saturated heterocycles. The predicted octanol–water partition coefficient (Wildman–Crippen LogP) is 0.635. The second kappa shape index (κ2) is 7.43. The van der Waals surface area contributed by atoms with Gasteiger partial charge in [-0.05, 0) is 38.6 Å². The number of nitrogens with one attached hydrogen (secondary N) is 1. The summed E-state index contributed by atoms with van der Waals surface area (Å²) >= 11 is 0. The number of hydrogen-bond acceptors (Lipinski definition) is 5. The highest BCUT2D eigenvalue weighted by molar-refractivity contribution is 6.44. The molecule has 0 atom stereocenters. The first-order valence-corrected chi connectivity index (χ1v) is 7.94. The van der Waals surface area contributed by atoms with Crippen molar-refractivity contribution in [1.82, 2.24) is 20.0 Å². The summed E-state index contributed by atoms with van der Waals surface area (Å²) in [5.74, 6) is -1.76. The molecule has 0 saturated carbocycles. The van der Waals surface area contributed by atoms with Gasteiger partial charge in [0, 0.05) is 25.2 Å². The van der Waals surface area contributed by atoms with Crippen LogP contribution >= 0.6 is 0 Å². The second-order valence-corrected chi connectivity index (χ2v) is 6.22. The van der Waals surface area contributed by atoms with Crippen LogP contribution in [0.25, 0.3) is 0 Å². The topological polar surface area (TPSA) is 90.0 Å². The van der Waals surface area contributed by atoms with Crippen molar-refractivity contribution in [3.05, 3.63) is 35.4 Å². The Labute approximate surface area is 146 Å². The molecule has 1 N–H and O–H groups in total. The maximum Gasteiger partial charge on any atom is 0.335 e. The molecule has 1 heterocycles. The van der Waals surface area contributed by atoms with Gasteiger partial charge in [-0.3, -0.25) is 24.2 Å². The number of rotatable bonds is 6. The number of imide groups is 2. The Morgan fingerprint density at radius 3 is 2.20 bits per heavy atom. The first-order valence-electron chi connectivity index (χ1n) is 7.94. The number of amides is 5. The molecule has 25 heavy (non-hydrogen) atoms. The van der Waals surface area contributed by atoms with E-state index in [-0.39, 0.29) is 18.6 Å². The SMILES string of the molecule is CNC(=O)c1ccc(CN(C)CN2C(=O)C(=O)N(C(C)C)C2=O)cc1. The van der Waals surface area contributed by atoms with E-state index in [1.165, 1.54) is 0 Å². The lowest BCUT2D eigenvalue weighted by Crippen LogP contribution is -2.41. The molecular weight excluding hydrogens is 324 g/mol. The minimum Gasteiger partial charge on any atom is -0.355 e. The number of carbonyl (C=O) groups is 4. The van der Waals surface area contributed by atoms with E-state index in [1.54, 1.807) is 57.1 Å². The van der Waals surface area contributed by atoms with Gasteiger partial charge in [-0.25, -0.2) is 9.69 Å². The van der Waals surface area contributed by atoms with Gasteiger partial charge in [0.25, 0.3) is 5.91 Å². The molecular formula is C17H22N4O4. The Morgan fingerprint density at radius 1 is 1.12 bits per heavy atom. The van der Waals surface area contributed by atoms with Crippen LogP contribution in [0.4, 0.5) is 4.79 Å². The molecule has 0 radical (unpaired) electrons. The molecule has 1 fully saturated rings. The Bertz CT molecular complexity index is 699. The van der Waals surface area contributed by atoms with Gasteiger partial charge < -0.3 is 5.32 Å². The van der Waals surface area contributed by atoms with Crippen molar-refractivity contribution in [2.75, 3.05) is 20.8 Å². The van der Waals surface area contributed by atoms with Crippen molar-refractivity contribution in [2.45, 2.75) is 26.4 Å². The van der Waals surface area contributed by atoms with E-state index in [0.717, 1.165) is 15.4 Å². The summed E-state index contributed by atoms with van der Waals surface area (Å²) in [7, 11) is 3.31. The third-order valence-corrected chi connectivity index (χ3v) is 3.88. The lowest BCUT2D eigenvalue weighted by atomic mass is 10.1. The van der Waals surface area contributed by atoms with Crippen molar-refractivity contribution in [3.8, 4) is 0 Å². The Kier molecular flexibility index (Phi) is 5.53. The molecule has 8 heteroatoms. The van der Waals surface area contributed by atoms with Gasteiger partial charge >= 0.3 is 17.8 Å². The smallest absolute Gasteiger partial charge is 0.335 e. The Morgan fingerprint density at radius 2 is 1.72 bits per heavy atom. The average Bonchev–Trinajstić information content (AvgIpc) is 2.78. The largest absolute Gasteiger partial charge is 0.355 e. The molecule has 0 spiro atoms. The van der Waals surface area contributed by atoms with Crippen molar-refractivity contribution in [2.24, 2.45) is 0 Å². The highest BCUT2D eigenvalue weighted by Crippen LogP contribution is 2.16. The van der Waals surface area contributed by atoms with Gasteiger partial charge in [0.15, 0.2) is 0 Å². The van der Waals surface area contributed by atoms with Crippen LogP contribution in [0.15, 0.2) is 24.3 Å². The zero-order chi connectivity index (χ0) is 18.7. The highest BCUT2D eigenvalue weighted by atomic mass is 16.2. The molecule has 2 rings (SSSR count). The number of hydrogen-bond donors (Lipinski definition) is 1. The Hall–Kier alpha value is -2.74. The standard InChI is InChI=1S/C17H22N4O4/c1-11(2)21-16(24)15(23)20(17(21)25)10-19(4)9-12-5-7-13(8-6-12)14(22)18-3/h5-8,11H,9-10H2,1-4H3,(H,18,22).